The van der Waals surface area contributed by atoms with Crippen LogP contribution in [0.25, 0.3) is 0 Å². The Bertz CT molecular complexity index is 828. The summed E-state index contributed by atoms with van der Waals surface area (Å²) in [5.41, 5.74) is -1.38. The molecule has 11 nitrogen and oxygen atoms in total. The summed E-state index contributed by atoms with van der Waals surface area (Å²) in [4.78, 5) is 59.4. The molecule has 11 heteroatoms. The Hall–Kier alpha value is -2.95. The van der Waals surface area contributed by atoms with Crippen LogP contribution >= 0.6 is 0 Å². The standard InChI is InChI=1S/C16H20N2O9/c1-8(19)24-6-11-12(7-25-9(2)20)27-15(14(11)26-10(3)21)18-5-4-13(22)17-16(18)23/h4-5,11-12,14-15H,6-7H2,1-3H3,(H,17,22,23)/t11-,12-,14-,15-/m1/s1. The molecule has 0 aliphatic carbocycles. The SMILES string of the molecule is CC(=O)OC[C@H]1[C@@H](OC(C)=O)[C@H](n2ccc(=O)[nH]c2=O)O[C@@H]1COC(C)=O. The zero-order chi connectivity index (χ0) is 20.1. The number of esters is 3. The summed E-state index contributed by atoms with van der Waals surface area (Å²) in [5, 5.41) is 0. The molecular weight excluding hydrogens is 364 g/mol. The molecular formula is C16H20N2O9. The fraction of sp³-hybridized carbons (Fsp3) is 0.562. The van der Waals surface area contributed by atoms with Crippen LogP contribution in [0.3, 0.4) is 0 Å². The Morgan fingerprint density at radius 2 is 1.70 bits per heavy atom. The Morgan fingerprint density at radius 3 is 2.26 bits per heavy atom. The van der Waals surface area contributed by atoms with Crippen LogP contribution in [0.1, 0.15) is 27.0 Å². The smallest absolute Gasteiger partial charge is 0.330 e. The van der Waals surface area contributed by atoms with E-state index < -0.39 is 53.5 Å². The molecule has 1 aromatic rings. The van der Waals surface area contributed by atoms with Gasteiger partial charge in [0.15, 0.2) is 12.3 Å². The van der Waals surface area contributed by atoms with Crippen LogP contribution in [-0.4, -0.2) is 52.9 Å². The minimum Gasteiger partial charge on any atom is -0.465 e. The molecule has 1 saturated heterocycles. The number of H-pyrrole nitrogens is 1. The Labute approximate surface area is 153 Å². The van der Waals surface area contributed by atoms with Crippen molar-refractivity contribution in [1.82, 2.24) is 9.55 Å². The highest BCUT2D eigenvalue weighted by Gasteiger charge is 2.49. The number of aromatic nitrogens is 2. The number of ether oxygens (including phenoxy) is 4. The second kappa shape index (κ2) is 8.62. The van der Waals surface area contributed by atoms with Gasteiger partial charge in [-0.1, -0.05) is 0 Å². The van der Waals surface area contributed by atoms with Gasteiger partial charge in [0.25, 0.3) is 5.56 Å². The van der Waals surface area contributed by atoms with Crippen molar-refractivity contribution < 1.29 is 33.3 Å². The van der Waals surface area contributed by atoms with Crippen molar-refractivity contribution in [3.05, 3.63) is 33.1 Å². The van der Waals surface area contributed by atoms with Crippen molar-refractivity contribution in [3.63, 3.8) is 0 Å². The van der Waals surface area contributed by atoms with E-state index in [2.05, 4.69) is 4.98 Å². The van der Waals surface area contributed by atoms with Crippen molar-refractivity contribution in [2.45, 2.75) is 39.2 Å². The Morgan fingerprint density at radius 1 is 1.07 bits per heavy atom. The topological polar surface area (TPSA) is 143 Å². The van der Waals surface area contributed by atoms with E-state index in [1.165, 1.54) is 27.0 Å². The Kier molecular flexibility index (Phi) is 6.50. The van der Waals surface area contributed by atoms with Crippen LogP contribution in [0, 0.1) is 5.92 Å². The van der Waals surface area contributed by atoms with E-state index in [1.54, 1.807) is 0 Å². The number of nitrogens with zero attached hydrogens (tertiary/aromatic N) is 1. The third-order valence-corrected chi connectivity index (χ3v) is 3.85. The molecule has 0 radical (unpaired) electrons. The van der Waals surface area contributed by atoms with E-state index in [0.29, 0.717) is 0 Å². The van der Waals surface area contributed by atoms with Gasteiger partial charge in [0.1, 0.15) is 19.3 Å². The fourth-order valence-electron chi connectivity index (χ4n) is 2.75. The maximum absolute atomic E-state index is 12.1. The maximum atomic E-state index is 12.1. The predicted molar refractivity (Wildman–Crippen MR) is 87.5 cm³/mol. The van der Waals surface area contributed by atoms with Crippen molar-refractivity contribution in [1.29, 1.82) is 0 Å². The van der Waals surface area contributed by atoms with Crippen LogP contribution in [0.4, 0.5) is 0 Å². The van der Waals surface area contributed by atoms with E-state index in [-0.39, 0.29) is 13.2 Å². The molecule has 2 rings (SSSR count). The zero-order valence-electron chi connectivity index (χ0n) is 15.0. The van der Waals surface area contributed by atoms with Crippen LogP contribution in [0.5, 0.6) is 0 Å². The lowest BCUT2D eigenvalue weighted by molar-refractivity contribution is -0.155. The first kappa shape index (κ1) is 20.4. The van der Waals surface area contributed by atoms with Gasteiger partial charge in [0, 0.05) is 33.0 Å². The number of rotatable bonds is 6. The molecule has 0 aromatic carbocycles. The molecule has 1 aliphatic heterocycles. The monoisotopic (exact) mass is 384 g/mol. The van der Waals surface area contributed by atoms with Crippen LogP contribution in [0.2, 0.25) is 0 Å². The molecule has 2 heterocycles. The molecule has 0 unspecified atom stereocenters. The molecule has 1 N–H and O–H groups in total. The summed E-state index contributed by atoms with van der Waals surface area (Å²) in [7, 11) is 0. The summed E-state index contributed by atoms with van der Waals surface area (Å²) in [6, 6.07) is 1.11. The molecule has 1 aromatic heterocycles. The maximum Gasteiger partial charge on any atom is 0.330 e. The van der Waals surface area contributed by atoms with Gasteiger partial charge in [-0.05, 0) is 0 Å². The molecule has 0 spiro atoms. The molecule has 0 bridgehead atoms. The van der Waals surface area contributed by atoms with E-state index in [9.17, 15) is 24.0 Å². The highest BCUT2D eigenvalue weighted by Crippen LogP contribution is 2.36. The third kappa shape index (κ3) is 5.26. The first-order valence-corrected chi connectivity index (χ1v) is 8.10. The molecule has 27 heavy (non-hydrogen) atoms. The molecule has 148 valence electrons. The summed E-state index contributed by atoms with van der Waals surface area (Å²) in [6.45, 7) is 3.21. The van der Waals surface area contributed by atoms with Crippen molar-refractivity contribution in [3.8, 4) is 0 Å². The van der Waals surface area contributed by atoms with Crippen LogP contribution in [0.15, 0.2) is 21.9 Å². The first-order valence-electron chi connectivity index (χ1n) is 8.10. The highest BCUT2D eigenvalue weighted by molar-refractivity contribution is 5.67. The summed E-state index contributed by atoms with van der Waals surface area (Å²) >= 11 is 0. The van der Waals surface area contributed by atoms with E-state index in [1.807, 2.05) is 0 Å². The minimum atomic E-state index is -1.11. The molecule has 4 atom stereocenters. The number of carbonyl (C=O) groups is 3. The normalized spacial score (nSPS) is 24.3. The number of carbonyl (C=O) groups excluding carboxylic acids is 3. The lowest BCUT2D eigenvalue weighted by Gasteiger charge is -2.23. The van der Waals surface area contributed by atoms with Crippen molar-refractivity contribution in [2.24, 2.45) is 5.92 Å². The molecule has 1 aliphatic rings. The number of hydrogen-bond donors (Lipinski definition) is 1. The fourth-order valence-corrected chi connectivity index (χ4v) is 2.75. The van der Waals surface area contributed by atoms with Crippen molar-refractivity contribution >= 4 is 17.9 Å². The molecule has 1 fully saturated rings. The summed E-state index contributed by atoms with van der Waals surface area (Å²) in [5.74, 6) is -2.47. The van der Waals surface area contributed by atoms with Gasteiger partial charge in [0.2, 0.25) is 0 Å². The lowest BCUT2D eigenvalue weighted by atomic mass is 9.99. The van der Waals surface area contributed by atoms with E-state index >= 15 is 0 Å². The third-order valence-electron chi connectivity index (χ3n) is 3.85. The average molecular weight is 384 g/mol. The van der Waals surface area contributed by atoms with E-state index in [0.717, 1.165) is 10.6 Å². The largest absolute Gasteiger partial charge is 0.465 e. The van der Waals surface area contributed by atoms with Gasteiger partial charge in [-0.15, -0.1) is 0 Å². The van der Waals surface area contributed by atoms with Crippen LogP contribution in [-0.2, 0) is 33.3 Å². The molecule has 0 amide bonds. The number of nitrogens with one attached hydrogen (secondary N) is 1. The van der Waals surface area contributed by atoms with Gasteiger partial charge in [-0.3, -0.25) is 28.7 Å². The van der Waals surface area contributed by atoms with Gasteiger partial charge in [-0.25, -0.2) is 4.79 Å². The molecule has 0 saturated carbocycles. The zero-order valence-corrected chi connectivity index (χ0v) is 15.0. The van der Waals surface area contributed by atoms with E-state index in [4.69, 9.17) is 18.9 Å². The predicted octanol–water partition coefficient (Wildman–Crippen LogP) is -0.892. The quantitative estimate of drug-likeness (QED) is 0.488. The van der Waals surface area contributed by atoms with Gasteiger partial charge in [-0.2, -0.15) is 0 Å². The lowest BCUT2D eigenvalue weighted by Crippen LogP contribution is -2.39. The summed E-state index contributed by atoms with van der Waals surface area (Å²) < 4.78 is 22.1. The van der Waals surface area contributed by atoms with Crippen LogP contribution < -0.4 is 11.2 Å². The van der Waals surface area contributed by atoms with Gasteiger partial charge < -0.3 is 18.9 Å². The summed E-state index contributed by atoms with van der Waals surface area (Å²) in [6.07, 6.45) is -1.76. The number of hydrogen-bond acceptors (Lipinski definition) is 9. The number of aromatic amines is 1. The second-order valence-electron chi connectivity index (χ2n) is 5.93. The first-order chi connectivity index (χ1) is 12.7. The van der Waals surface area contributed by atoms with Gasteiger partial charge in [0.05, 0.1) is 5.92 Å². The van der Waals surface area contributed by atoms with Crippen molar-refractivity contribution in [2.75, 3.05) is 13.2 Å². The Balaban J connectivity index is 2.39. The second-order valence-corrected chi connectivity index (χ2v) is 5.93. The highest BCUT2D eigenvalue weighted by atomic mass is 16.6. The van der Waals surface area contributed by atoms with Gasteiger partial charge >= 0.3 is 23.6 Å². The minimum absolute atomic E-state index is 0.187. The average Bonchev–Trinajstić information content (AvgIpc) is 2.87.